The van der Waals surface area contributed by atoms with Crippen molar-refractivity contribution in [3.63, 3.8) is 0 Å². The minimum Gasteiger partial charge on any atom is -0.467 e. The molecule has 2 aromatic rings. The Bertz CT molecular complexity index is 688. The molecule has 118 valence electrons. The topological polar surface area (TPSA) is 60.3 Å². The van der Waals surface area contributed by atoms with Crippen molar-refractivity contribution in [1.29, 1.82) is 0 Å². The molecule has 2 rings (SSSR count). The fourth-order valence-electron chi connectivity index (χ4n) is 2.58. The fourth-order valence-corrected chi connectivity index (χ4v) is 2.58. The standard InChI is InChI=1S/C17H22N2O3/c1-5-19-13-9-7-6-8-12(13)10-14(19)16(20)18-15(11(2)3)17(21)22-4/h6-11,15H,5H2,1-4H3,(H,18,20). The Morgan fingerprint density at radius 1 is 1.27 bits per heavy atom. The largest absolute Gasteiger partial charge is 0.467 e. The molecular weight excluding hydrogens is 280 g/mol. The van der Waals surface area contributed by atoms with Crippen molar-refractivity contribution in [3.05, 3.63) is 36.0 Å². The first-order valence-electron chi connectivity index (χ1n) is 7.46. The maximum atomic E-state index is 12.6. The van der Waals surface area contributed by atoms with Gasteiger partial charge in [0, 0.05) is 17.4 Å². The smallest absolute Gasteiger partial charge is 0.328 e. The third-order valence-corrected chi connectivity index (χ3v) is 3.77. The lowest BCUT2D eigenvalue weighted by Crippen LogP contribution is -2.45. The summed E-state index contributed by atoms with van der Waals surface area (Å²) in [5.74, 6) is -0.736. The summed E-state index contributed by atoms with van der Waals surface area (Å²) in [5.41, 5.74) is 1.56. The molecule has 22 heavy (non-hydrogen) atoms. The van der Waals surface area contributed by atoms with E-state index in [4.69, 9.17) is 4.74 Å². The van der Waals surface area contributed by atoms with Gasteiger partial charge in [0.15, 0.2) is 0 Å². The van der Waals surface area contributed by atoms with Crippen LogP contribution in [-0.4, -0.2) is 29.6 Å². The van der Waals surface area contributed by atoms with Crippen molar-refractivity contribution in [3.8, 4) is 0 Å². The van der Waals surface area contributed by atoms with Crippen molar-refractivity contribution < 1.29 is 14.3 Å². The first-order chi connectivity index (χ1) is 10.5. The molecule has 0 aliphatic heterocycles. The van der Waals surface area contributed by atoms with Crippen LogP contribution in [-0.2, 0) is 16.1 Å². The van der Waals surface area contributed by atoms with Crippen molar-refractivity contribution >= 4 is 22.8 Å². The van der Waals surface area contributed by atoms with Crippen LogP contribution < -0.4 is 5.32 Å². The van der Waals surface area contributed by atoms with Crippen LogP contribution in [0.2, 0.25) is 0 Å². The van der Waals surface area contributed by atoms with E-state index < -0.39 is 12.0 Å². The number of aryl methyl sites for hydroxylation is 1. The van der Waals surface area contributed by atoms with Gasteiger partial charge in [0.05, 0.1) is 7.11 Å². The number of benzene rings is 1. The fraction of sp³-hybridized carbons (Fsp3) is 0.412. The number of carbonyl (C=O) groups is 2. The number of methoxy groups -OCH3 is 1. The van der Waals surface area contributed by atoms with Gasteiger partial charge < -0.3 is 14.6 Å². The van der Waals surface area contributed by atoms with Gasteiger partial charge in [0.1, 0.15) is 11.7 Å². The van der Waals surface area contributed by atoms with Crippen LogP contribution in [0, 0.1) is 5.92 Å². The summed E-state index contributed by atoms with van der Waals surface area (Å²) in [7, 11) is 1.33. The van der Waals surface area contributed by atoms with E-state index in [0.717, 1.165) is 10.9 Å². The monoisotopic (exact) mass is 302 g/mol. The summed E-state index contributed by atoms with van der Waals surface area (Å²) in [4.78, 5) is 24.4. The summed E-state index contributed by atoms with van der Waals surface area (Å²) in [6, 6.07) is 9.04. The van der Waals surface area contributed by atoms with E-state index in [0.29, 0.717) is 12.2 Å². The van der Waals surface area contributed by atoms with Gasteiger partial charge in [-0.3, -0.25) is 4.79 Å². The SMILES string of the molecule is CCn1c(C(=O)NC(C(=O)OC)C(C)C)cc2ccccc21. The third kappa shape index (κ3) is 2.98. The molecular formula is C17H22N2O3. The quantitative estimate of drug-likeness (QED) is 0.864. The Hall–Kier alpha value is -2.30. The molecule has 0 saturated heterocycles. The van der Waals surface area contributed by atoms with Crippen molar-refractivity contribution in [2.75, 3.05) is 7.11 Å². The van der Waals surface area contributed by atoms with Gasteiger partial charge in [0.25, 0.3) is 5.91 Å². The molecule has 1 atom stereocenters. The van der Waals surface area contributed by atoms with Crippen LogP contribution in [0.4, 0.5) is 0 Å². The highest BCUT2D eigenvalue weighted by molar-refractivity contribution is 6.00. The highest BCUT2D eigenvalue weighted by atomic mass is 16.5. The normalized spacial score (nSPS) is 12.4. The van der Waals surface area contributed by atoms with Gasteiger partial charge >= 0.3 is 5.97 Å². The molecule has 5 heteroatoms. The van der Waals surface area contributed by atoms with E-state index in [2.05, 4.69) is 5.32 Å². The lowest BCUT2D eigenvalue weighted by molar-refractivity contribution is -0.144. The molecule has 1 heterocycles. The summed E-state index contributed by atoms with van der Waals surface area (Å²) >= 11 is 0. The van der Waals surface area contributed by atoms with E-state index >= 15 is 0 Å². The average Bonchev–Trinajstić information content (AvgIpc) is 2.89. The minimum atomic E-state index is -0.652. The van der Waals surface area contributed by atoms with E-state index in [9.17, 15) is 9.59 Å². The second-order valence-corrected chi connectivity index (χ2v) is 5.55. The van der Waals surface area contributed by atoms with Gasteiger partial charge in [-0.1, -0.05) is 32.0 Å². The lowest BCUT2D eigenvalue weighted by Gasteiger charge is -2.20. The number of ether oxygens (including phenoxy) is 1. The number of carbonyl (C=O) groups excluding carboxylic acids is 2. The number of nitrogens with one attached hydrogen (secondary N) is 1. The number of nitrogens with zero attached hydrogens (tertiary/aromatic N) is 1. The van der Waals surface area contributed by atoms with Crippen LogP contribution >= 0.6 is 0 Å². The van der Waals surface area contributed by atoms with Gasteiger partial charge in [-0.2, -0.15) is 0 Å². The number of rotatable bonds is 5. The van der Waals surface area contributed by atoms with Gasteiger partial charge in [-0.05, 0) is 25.0 Å². The van der Waals surface area contributed by atoms with Gasteiger partial charge in [-0.15, -0.1) is 0 Å². The second-order valence-electron chi connectivity index (χ2n) is 5.55. The zero-order valence-electron chi connectivity index (χ0n) is 13.4. The molecule has 5 nitrogen and oxygen atoms in total. The van der Waals surface area contributed by atoms with Crippen molar-refractivity contribution in [2.24, 2.45) is 5.92 Å². The van der Waals surface area contributed by atoms with E-state index in [-0.39, 0.29) is 11.8 Å². The Balaban J connectivity index is 2.35. The summed E-state index contributed by atoms with van der Waals surface area (Å²) in [6.45, 7) is 6.42. The molecule has 0 bridgehead atoms. The molecule has 1 N–H and O–H groups in total. The Morgan fingerprint density at radius 3 is 2.55 bits per heavy atom. The summed E-state index contributed by atoms with van der Waals surface area (Å²) in [5, 5.41) is 3.79. The minimum absolute atomic E-state index is 0.0455. The number of hydrogen-bond acceptors (Lipinski definition) is 3. The van der Waals surface area contributed by atoms with Crippen LogP contribution in [0.3, 0.4) is 0 Å². The van der Waals surface area contributed by atoms with E-state index in [1.165, 1.54) is 7.11 Å². The van der Waals surface area contributed by atoms with Crippen molar-refractivity contribution in [2.45, 2.75) is 33.4 Å². The highest BCUT2D eigenvalue weighted by Gasteiger charge is 2.26. The number of esters is 1. The van der Waals surface area contributed by atoms with Gasteiger partial charge in [-0.25, -0.2) is 4.79 Å². The van der Waals surface area contributed by atoms with Crippen molar-refractivity contribution in [1.82, 2.24) is 9.88 Å². The molecule has 0 aliphatic rings. The van der Waals surface area contributed by atoms with Crippen LogP contribution in [0.1, 0.15) is 31.3 Å². The Labute approximate surface area is 130 Å². The maximum absolute atomic E-state index is 12.6. The van der Waals surface area contributed by atoms with Crippen LogP contribution in [0.5, 0.6) is 0 Å². The number of aromatic nitrogens is 1. The molecule has 0 aliphatic carbocycles. The Morgan fingerprint density at radius 2 is 1.95 bits per heavy atom. The van der Waals surface area contributed by atoms with E-state index in [1.54, 1.807) is 0 Å². The number of fused-ring (bicyclic) bond motifs is 1. The lowest BCUT2D eigenvalue weighted by atomic mass is 10.0. The molecule has 1 unspecified atom stereocenters. The summed E-state index contributed by atoms with van der Waals surface area (Å²) in [6.07, 6.45) is 0. The highest BCUT2D eigenvalue weighted by Crippen LogP contribution is 2.20. The average molecular weight is 302 g/mol. The zero-order chi connectivity index (χ0) is 16.3. The molecule has 1 amide bonds. The molecule has 0 radical (unpaired) electrons. The van der Waals surface area contributed by atoms with Gasteiger partial charge in [0.2, 0.25) is 0 Å². The second kappa shape index (κ2) is 6.64. The van der Waals surface area contributed by atoms with Crippen LogP contribution in [0.15, 0.2) is 30.3 Å². The molecule has 0 spiro atoms. The third-order valence-electron chi connectivity index (χ3n) is 3.77. The molecule has 1 aromatic heterocycles. The molecule has 0 saturated carbocycles. The molecule has 0 fully saturated rings. The van der Waals surface area contributed by atoms with E-state index in [1.807, 2.05) is 55.7 Å². The Kier molecular flexibility index (Phi) is 4.85. The number of amides is 1. The maximum Gasteiger partial charge on any atom is 0.328 e. The predicted octanol–water partition coefficient (Wildman–Crippen LogP) is 2.59. The summed E-state index contributed by atoms with van der Waals surface area (Å²) < 4.78 is 6.71. The number of hydrogen-bond donors (Lipinski definition) is 1. The number of para-hydroxylation sites is 1. The first-order valence-corrected chi connectivity index (χ1v) is 7.46. The van der Waals surface area contributed by atoms with Crippen LogP contribution in [0.25, 0.3) is 10.9 Å². The zero-order valence-corrected chi connectivity index (χ0v) is 13.4. The predicted molar refractivity (Wildman–Crippen MR) is 85.7 cm³/mol. The molecule has 1 aromatic carbocycles. The first kappa shape index (κ1) is 16.1.